The second-order valence-electron chi connectivity index (χ2n) is 4.24. The summed E-state index contributed by atoms with van der Waals surface area (Å²) in [4.78, 5) is 10.0. The molecule has 9 heteroatoms. The van der Waals surface area contributed by atoms with Gasteiger partial charge < -0.3 is 10.4 Å². The standard InChI is InChI=1S/C11H17N3O5S/c1-2-8(5-6-15)13-10-4-3-9(20(12,18)19)7-11(10)14(16)17/h3-4,7-8,13,15H,2,5-6H2,1H3,(H2,12,18,19). The monoisotopic (exact) mass is 303 g/mol. The van der Waals surface area contributed by atoms with Gasteiger partial charge in [0.1, 0.15) is 5.69 Å². The lowest BCUT2D eigenvalue weighted by Crippen LogP contribution is -2.21. The second-order valence-corrected chi connectivity index (χ2v) is 5.80. The van der Waals surface area contributed by atoms with E-state index in [1.807, 2.05) is 6.92 Å². The topological polar surface area (TPSA) is 136 Å². The zero-order valence-corrected chi connectivity index (χ0v) is 11.8. The fraction of sp³-hybridized carbons (Fsp3) is 0.455. The number of hydrogen-bond acceptors (Lipinski definition) is 6. The van der Waals surface area contributed by atoms with Crippen molar-refractivity contribution in [3.63, 3.8) is 0 Å². The molecule has 1 rings (SSSR count). The maximum absolute atomic E-state index is 11.2. The van der Waals surface area contributed by atoms with Gasteiger partial charge in [-0.2, -0.15) is 0 Å². The number of sulfonamides is 1. The molecule has 0 aromatic heterocycles. The van der Waals surface area contributed by atoms with Gasteiger partial charge in [0.05, 0.1) is 9.82 Å². The van der Waals surface area contributed by atoms with Crippen LogP contribution in [0.5, 0.6) is 0 Å². The molecule has 1 aromatic rings. The summed E-state index contributed by atoms with van der Waals surface area (Å²) in [5.74, 6) is 0. The summed E-state index contributed by atoms with van der Waals surface area (Å²) >= 11 is 0. The molecule has 0 aliphatic heterocycles. The third-order valence-electron chi connectivity index (χ3n) is 2.82. The summed E-state index contributed by atoms with van der Waals surface area (Å²) in [6.07, 6.45) is 1.10. The van der Waals surface area contributed by atoms with Gasteiger partial charge in [0.25, 0.3) is 5.69 Å². The van der Waals surface area contributed by atoms with Crippen LogP contribution in [-0.4, -0.2) is 31.1 Å². The summed E-state index contributed by atoms with van der Waals surface area (Å²) in [5.41, 5.74) is -0.171. The first-order valence-electron chi connectivity index (χ1n) is 5.98. The highest BCUT2D eigenvalue weighted by Gasteiger charge is 2.20. The molecule has 1 unspecified atom stereocenters. The summed E-state index contributed by atoms with van der Waals surface area (Å²) in [7, 11) is -3.99. The maximum atomic E-state index is 11.2. The van der Waals surface area contributed by atoms with Crippen LogP contribution in [0.1, 0.15) is 19.8 Å². The van der Waals surface area contributed by atoms with E-state index in [1.54, 1.807) is 0 Å². The van der Waals surface area contributed by atoms with E-state index in [4.69, 9.17) is 10.2 Å². The van der Waals surface area contributed by atoms with E-state index < -0.39 is 14.9 Å². The van der Waals surface area contributed by atoms with Crippen molar-refractivity contribution in [2.75, 3.05) is 11.9 Å². The first kappa shape index (κ1) is 16.3. The van der Waals surface area contributed by atoms with E-state index in [9.17, 15) is 18.5 Å². The smallest absolute Gasteiger partial charge is 0.293 e. The van der Waals surface area contributed by atoms with Gasteiger partial charge in [-0.1, -0.05) is 6.92 Å². The zero-order chi connectivity index (χ0) is 15.3. The number of nitro benzene ring substituents is 1. The number of primary sulfonamides is 1. The summed E-state index contributed by atoms with van der Waals surface area (Å²) in [5, 5.41) is 27.8. The minimum Gasteiger partial charge on any atom is -0.396 e. The first-order valence-corrected chi connectivity index (χ1v) is 7.52. The highest BCUT2D eigenvalue weighted by Crippen LogP contribution is 2.28. The minimum absolute atomic E-state index is 0.0471. The second kappa shape index (κ2) is 6.64. The number of hydrogen-bond donors (Lipinski definition) is 3. The fourth-order valence-electron chi connectivity index (χ4n) is 1.72. The zero-order valence-electron chi connectivity index (χ0n) is 10.9. The highest BCUT2D eigenvalue weighted by atomic mass is 32.2. The summed E-state index contributed by atoms with van der Waals surface area (Å²) in [6, 6.07) is 3.29. The Kier molecular flexibility index (Phi) is 5.43. The molecule has 0 aliphatic rings. The van der Waals surface area contributed by atoms with Gasteiger partial charge in [0, 0.05) is 18.7 Å². The molecule has 0 radical (unpaired) electrons. The molecule has 0 saturated carbocycles. The Morgan fingerprint density at radius 1 is 1.50 bits per heavy atom. The number of nitrogens with two attached hydrogens (primary N) is 1. The predicted octanol–water partition coefficient (Wildman–Crippen LogP) is 0.815. The average molecular weight is 303 g/mol. The van der Waals surface area contributed by atoms with Crippen LogP contribution in [0.3, 0.4) is 0 Å². The Balaban J connectivity index is 3.17. The number of nitrogens with zero attached hydrogens (tertiary/aromatic N) is 1. The molecule has 112 valence electrons. The van der Waals surface area contributed by atoms with Gasteiger partial charge in [0.15, 0.2) is 0 Å². The molecular formula is C11H17N3O5S. The number of aliphatic hydroxyl groups excluding tert-OH is 1. The molecule has 0 heterocycles. The third-order valence-corrected chi connectivity index (χ3v) is 3.74. The lowest BCUT2D eigenvalue weighted by Gasteiger charge is -2.17. The minimum atomic E-state index is -3.99. The lowest BCUT2D eigenvalue weighted by atomic mass is 10.1. The van der Waals surface area contributed by atoms with Crippen LogP contribution in [0, 0.1) is 10.1 Å². The SMILES string of the molecule is CCC(CCO)Nc1ccc(S(N)(=O)=O)cc1[N+](=O)[O-]. The van der Waals surface area contributed by atoms with E-state index >= 15 is 0 Å². The van der Waals surface area contributed by atoms with Crippen molar-refractivity contribution in [2.45, 2.75) is 30.7 Å². The average Bonchev–Trinajstić information content (AvgIpc) is 2.36. The number of rotatable bonds is 7. The van der Waals surface area contributed by atoms with Gasteiger partial charge >= 0.3 is 0 Å². The highest BCUT2D eigenvalue weighted by molar-refractivity contribution is 7.89. The van der Waals surface area contributed by atoms with Crippen LogP contribution >= 0.6 is 0 Å². The first-order chi connectivity index (χ1) is 9.29. The number of anilines is 1. The van der Waals surface area contributed by atoms with E-state index in [1.165, 1.54) is 12.1 Å². The van der Waals surface area contributed by atoms with Crippen LogP contribution in [0.15, 0.2) is 23.1 Å². The maximum Gasteiger partial charge on any atom is 0.293 e. The molecule has 8 nitrogen and oxygen atoms in total. The van der Waals surface area contributed by atoms with Gasteiger partial charge in [-0.3, -0.25) is 10.1 Å². The molecule has 0 aliphatic carbocycles. The third kappa shape index (κ3) is 4.15. The fourth-order valence-corrected chi connectivity index (χ4v) is 2.25. The van der Waals surface area contributed by atoms with Crippen LogP contribution in [0.4, 0.5) is 11.4 Å². The van der Waals surface area contributed by atoms with Crippen molar-refractivity contribution in [1.82, 2.24) is 0 Å². The van der Waals surface area contributed by atoms with Crippen molar-refractivity contribution < 1.29 is 18.4 Å². The molecule has 20 heavy (non-hydrogen) atoms. The molecule has 0 amide bonds. The van der Waals surface area contributed by atoms with Gasteiger partial charge in [-0.25, -0.2) is 13.6 Å². The normalized spacial score (nSPS) is 12.9. The number of benzene rings is 1. The molecule has 0 spiro atoms. The van der Waals surface area contributed by atoms with Crippen molar-refractivity contribution >= 4 is 21.4 Å². The Morgan fingerprint density at radius 2 is 2.15 bits per heavy atom. The molecule has 0 fully saturated rings. The summed E-state index contributed by atoms with van der Waals surface area (Å²) < 4.78 is 22.4. The van der Waals surface area contributed by atoms with Crippen molar-refractivity contribution in [1.29, 1.82) is 0 Å². The van der Waals surface area contributed by atoms with Crippen LogP contribution in [-0.2, 0) is 10.0 Å². The molecule has 0 bridgehead atoms. The van der Waals surface area contributed by atoms with Gasteiger partial charge in [-0.05, 0) is 25.0 Å². The van der Waals surface area contributed by atoms with Gasteiger partial charge in [-0.15, -0.1) is 0 Å². The van der Waals surface area contributed by atoms with Crippen LogP contribution in [0.2, 0.25) is 0 Å². The lowest BCUT2D eigenvalue weighted by molar-refractivity contribution is -0.384. The summed E-state index contributed by atoms with van der Waals surface area (Å²) in [6.45, 7) is 1.83. The van der Waals surface area contributed by atoms with E-state index in [0.717, 1.165) is 6.07 Å². The quantitative estimate of drug-likeness (QED) is 0.504. The van der Waals surface area contributed by atoms with Gasteiger partial charge in [0.2, 0.25) is 10.0 Å². The van der Waals surface area contributed by atoms with Crippen molar-refractivity contribution in [3.05, 3.63) is 28.3 Å². The van der Waals surface area contributed by atoms with Crippen LogP contribution < -0.4 is 10.5 Å². The number of nitro groups is 1. The van der Waals surface area contributed by atoms with Crippen LogP contribution in [0.25, 0.3) is 0 Å². The van der Waals surface area contributed by atoms with E-state index in [0.29, 0.717) is 12.8 Å². The molecule has 0 saturated heterocycles. The largest absolute Gasteiger partial charge is 0.396 e. The predicted molar refractivity (Wildman–Crippen MR) is 73.9 cm³/mol. The Hall–Kier alpha value is -1.71. The Labute approximate surface area is 116 Å². The molecular weight excluding hydrogens is 286 g/mol. The van der Waals surface area contributed by atoms with Crippen molar-refractivity contribution in [2.24, 2.45) is 5.14 Å². The van der Waals surface area contributed by atoms with Crippen molar-refractivity contribution in [3.8, 4) is 0 Å². The number of nitrogens with one attached hydrogen (secondary N) is 1. The molecule has 1 atom stereocenters. The number of aliphatic hydroxyl groups is 1. The molecule has 4 N–H and O–H groups in total. The van der Waals surface area contributed by atoms with E-state index in [2.05, 4.69) is 5.32 Å². The van der Waals surface area contributed by atoms with E-state index in [-0.39, 0.29) is 28.9 Å². The Morgan fingerprint density at radius 3 is 2.60 bits per heavy atom. The Bertz CT molecular complexity index is 588. The molecule has 1 aromatic carbocycles.